The van der Waals surface area contributed by atoms with Gasteiger partial charge in [0.15, 0.2) is 0 Å². The molecule has 1 N–H and O–H groups in total. The number of fused-ring (bicyclic) bond motifs is 1. The fourth-order valence-electron chi connectivity index (χ4n) is 2.88. The van der Waals surface area contributed by atoms with Gasteiger partial charge in [-0.2, -0.15) is 5.26 Å². The number of amides is 1. The lowest BCUT2D eigenvalue weighted by molar-refractivity contribution is 0.0943. The van der Waals surface area contributed by atoms with Gasteiger partial charge in [0.05, 0.1) is 22.6 Å². The van der Waals surface area contributed by atoms with Gasteiger partial charge >= 0.3 is 0 Å². The van der Waals surface area contributed by atoms with E-state index >= 15 is 0 Å². The van der Waals surface area contributed by atoms with Crippen LogP contribution in [0, 0.1) is 32.1 Å². The maximum atomic E-state index is 12.7. The second-order valence-electron chi connectivity index (χ2n) is 6.02. The van der Waals surface area contributed by atoms with Crippen molar-refractivity contribution in [1.29, 1.82) is 5.26 Å². The zero-order valence-corrected chi connectivity index (χ0v) is 15.4. The van der Waals surface area contributed by atoms with E-state index in [-0.39, 0.29) is 11.9 Å². The predicted octanol–water partition coefficient (Wildman–Crippen LogP) is 3.98. The molecule has 0 fully saturated rings. The number of benzene rings is 1. The Bertz CT molecular complexity index is 999. The Morgan fingerprint density at radius 3 is 2.52 bits per heavy atom. The van der Waals surface area contributed by atoms with E-state index in [0.717, 1.165) is 27.0 Å². The van der Waals surface area contributed by atoms with Crippen LogP contribution in [0.25, 0.3) is 10.2 Å². The fourth-order valence-corrected chi connectivity index (χ4v) is 4.06. The molecule has 3 rings (SSSR count). The Balaban J connectivity index is 1.88. The third kappa shape index (κ3) is 3.24. The van der Waals surface area contributed by atoms with E-state index in [9.17, 15) is 4.79 Å². The summed E-state index contributed by atoms with van der Waals surface area (Å²) in [4.78, 5) is 23.1. The highest BCUT2D eigenvalue weighted by Gasteiger charge is 2.20. The first kappa shape index (κ1) is 17.1. The van der Waals surface area contributed by atoms with Gasteiger partial charge in [-0.15, -0.1) is 11.3 Å². The number of aromatic nitrogens is 2. The van der Waals surface area contributed by atoms with Crippen LogP contribution < -0.4 is 5.32 Å². The minimum atomic E-state index is -0.154. The SMILES string of the molecule is Cc1nc(C)c2c(C)c(C(=O)NC(C)c3ccc(C#N)cc3)sc2n1. The molecule has 6 heteroatoms. The van der Waals surface area contributed by atoms with Gasteiger partial charge in [-0.1, -0.05) is 12.1 Å². The molecule has 1 unspecified atom stereocenters. The number of aryl methyl sites for hydroxylation is 3. The van der Waals surface area contributed by atoms with Crippen LogP contribution in [-0.4, -0.2) is 15.9 Å². The Morgan fingerprint density at radius 1 is 1.20 bits per heavy atom. The summed E-state index contributed by atoms with van der Waals surface area (Å²) < 4.78 is 0. The summed E-state index contributed by atoms with van der Waals surface area (Å²) in [5.74, 6) is 0.596. The van der Waals surface area contributed by atoms with Crippen molar-refractivity contribution in [3.63, 3.8) is 0 Å². The average Bonchev–Trinajstić information content (AvgIpc) is 2.91. The number of hydrogen-bond acceptors (Lipinski definition) is 5. The van der Waals surface area contributed by atoms with Crippen molar-refractivity contribution in [3.05, 3.63) is 57.4 Å². The summed E-state index contributed by atoms with van der Waals surface area (Å²) in [6.07, 6.45) is 0. The van der Waals surface area contributed by atoms with Gasteiger partial charge in [0.1, 0.15) is 10.7 Å². The smallest absolute Gasteiger partial charge is 0.262 e. The standard InChI is InChI=1S/C19H18N4OS/c1-10-16-12(3)21-13(4)23-19(16)25-17(10)18(24)22-11(2)15-7-5-14(9-20)6-8-15/h5-8,11H,1-4H3,(H,22,24). The minimum Gasteiger partial charge on any atom is -0.345 e. The molecule has 0 bridgehead atoms. The van der Waals surface area contributed by atoms with Crippen molar-refractivity contribution in [2.45, 2.75) is 33.7 Å². The van der Waals surface area contributed by atoms with Gasteiger partial charge in [-0.25, -0.2) is 9.97 Å². The van der Waals surface area contributed by atoms with E-state index in [1.165, 1.54) is 11.3 Å². The number of nitrogens with one attached hydrogen (secondary N) is 1. The molecule has 0 radical (unpaired) electrons. The van der Waals surface area contributed by atoms with Crippen molar-refractivity contribution in [1.82, 2.24) is 15.3 Å². The average molecular weight is 350 g/mol. The van der Waals surface area contributed by atoms with Gasteiger partial charge < -0.3 is 5.32 Å². The Morgan fingerprint density at radius 2 is 1.88 bits per heavy atom. The van der Waals surface area contributed by atoms with Crippen LogP contribution in [0.3, 0.4) is 0 Å². The molecule has 3 aromatic rings. The number of nitriles is 1. The van der Waals surface area contributed by atoms with E-state index in [4.69, 9.17) is 5.26 Å². The van der Waals surface area contributed by atoms with Crippen LogP contribution in [0.2, 0.25) is 0 Å². The molecule has 25 heavy (non-hydrogen) atoms. The first-order chi connectivity index (χ1) is 11.9. The molecule has 2 heterocycles. The third-order valence-electron chi connectivity index (χ3n) is 4.18. The highest BCUT2D eigenvalue weighted by Crippen LogP contribution is 2.31. The normalized spacial score (nSPS) is 12.0. The third-order valence-corrected chi connectivity index (χ3v) is 5.36. The molecule has 0 saturated heterocycles. The van der Waals surface area contributed by atoms with E-state index in [0.29, 0.717) is 16.3 Å². The molecule has 0 saturated carbocycles. The molecule has 1 aromatic carbocycles. The van der Waals surface area contributed by atoms with Gasteiger partial charge in [0, 0.05) is 11.1 Å². The Labute approximate surface area is 150 Å². The highest BCUT2D eigenvalue weighted by molar-refractivity contribution is 7.20. The summed E-state index contributed by atoms with van der Waals surface area (Å²) in [6.45, 7) is 7.66. The summed E-state index contributed by atoms with van der Waals surface area (Å²) in [5, 5.41) is 12.9. The fraction of sp³-hybridized carbons (Fsp3) is 0.263. The Kier molecular flexibility index (Phi) is 4.51. The van der Waals surface area contributed by atoms with E-state index in [1.807, 2.05) is 39.8 Å². The molecule has 5 nitrogen and oxygen atoms in total. The lowest BCUT2D eigenvalue weighted by Gasteiger charge is -2.14. The summed E-state index contributed by atoms with van der Waals surface area (Å²) in [6, 6.07) is 9.17. The van der Waals surface area contributed by atoms with Gasteiger partial charge in [-0.3, -0.25) is 4.79 Å². The van der Waals surface area contributed by atoms with Crippen LogP contribution in [-0.2, 0) is 0 Å². The van der Waals surface area contributed by atoms with Crippen molar-refractivity contribution in [2.24, 2.45) is 0 Å². The zero-order chi connectivity index (χ0) is 18.1. The monoisotopic (exact) mass is 350 g/mol. The molecule has 1 atom stereocenters. The summed E-state index contributed by atoms with van der Waals surface area (Å²) in [5.41, 5.74) is 3.38. The topological polar surface area (TPSA) is 78.7 Å². The first-order valence-corrected chi connectivity index (χ1v) is 8.77. The second-order valence-corrected chi connectivity index (χ2v) is 7.02. The number of thiophene rings is 1. The predicted molar refractivity (Wildman–Crippen MR) is 98.7 cm³/mol. The van der Waals surface area contributed by atoms with Gasteiger partial charge in [-0.05, 0) is 51.0 Å². The molecular weight excluding hydrogens is 332 g/mol. The van der Waals surface area contributed by atoms with Crippen molar-refractivity contribution in [3.8, 4) is 6.07 Å². The van der Waals surface area contributed by atoms with Gasteiger partial charge in [0.25, 0.3) is 5.91 Å². The van der Waals surface area contributed by atoms with Crippen molar-refractivity contribution in [2.75, 3.05) is 0 Å². The largest absolute Gasteiger partial charge is 0.345 e. The first-order valence-electron chi connectivity index (χ1n) is 7.96. The summed E-state index contributed by atoms with van der Waals surface area (Å²) >= 11 is 1.40. The van der Waals surface area contributed by atoms with E-state index in [1.54, 1.807) is 12.1 Å². The van der Waals surface area contributed by atoms with Crippen molar-refractivity contribution >= 4 is 27.5 Å². The number of rotatable bonds is 3. The lowest BCUT2D eigenvalue weighted by Crippen LogP contribution is -2.26. The van der Waals surface area contributed by atoms with Crippen LogP contribution in [0.1, 0.15) is 50.8 Å². The quantitative estimate of drug-likeness (QED) is 0.775. The number of carbonyl (C=O) groups is 1. The lowest BCUT2D eigenvalue weighted by atomic mass is 10.1. The van der Waals surface area contributed by atoms with Crippen LogP contribution in [0.5, 0.6) is 0 Å². The van der Waals surface area contributed by atoms with E-state index in [2.05, 4.69) is 21.4 Å². The molecule has 0 aliphatic heterocycles. The molecule has 2 aromatic heterocycles. The van der Waals surface area contributed by atoms with Crippen LogP contribution in [0.15, 0.2) is 24.3 Å². The highest BCUT2D eigenvalue weighted by atomic mass is 32.1. The van der Waals surface area contributed by atoms with Crippen LogP contribution >= 0.6 is 11.3 Å². The molecule has 1 amide bonds. The zero-order valence-electron chi connectivity index (χ0n) is 14.5. The molecule has 126 valence electrons. The maximum Gasteiger partial charge on any atom is 0.262 e. The van der Waals surface area contributed by atoms with E-state index < -0.39 is 0 Å². The number of nitrogens with zero attached hydrogens (tertiary/aromatic N) is 3. The molecular formula is C19H18N4OS. The molecule has 0 aliphatic rings. The van der Waals surface area contributed by atoms with Gasteiger partial charge in [0.2, 0.25) is 0 Å². The van der Waals surface area contributed by atoms with Crippen molar-refractivity contribution < 1.29 is 4.79 Å². The summed E-state index contributed by atoms with van der Waals surface area (Å²) in [7, 11) is 0. The number of carbonyl (C=O) groups excluding carboxylic acids is 1. The maximum absolute atomic E-state index is 12.7. The molecule has 0 spiro atoms. The van der Waals surface area contributed by atoms with Crippen LogP contribution in [0.4, 0.5) is 0 Å². The second kappa shape index (κ2) is 6.61. The molecule has 0 aliphatic carbocycles. The number of hydrogen-bond donors (Lipinski definition) is 1. The Hall–Kier alpha value is -2.78. The minimum absolute atomic E-state index is 0.116.